The molecular weight excluding hydrogens is 402 g/mol. The minimum Gasteiger partial charge on any atom is -0.452 e. The molecule has 0 spiro atoms. The number of aromatic nitrogens is 2. The van der Waals surface area contributed by atoms with Gasteiger partial charge in [0.1, 0.15) is 5.00 Å². The van der Waals surface area contributed by atoms with E-state index in [0.29, 0.717) is 10.7 Å². The highest BCUT2D eigenvalue weighted by molar-refractivity contribution is 7.98. The van der Waals surface area contributed by atoms with E-state index in [1.165, 1.54) is 16.2 Å². The van der Waals surface area contributed by atoms with E-state index < -0.39 is 5.97 Å². The summed E-state index contributed by atoms with van der Waals surface area (Å²) in [5.41, 5.74) is 2.49. The maximum atomic E-state index is 12.8. The fraction of sp³-hybridized carbons (Fsp3) is 0.278. The highest BCUT2D eigenvalue weighted by Gasteiger charge is 2.27. The van der Waals surface area contributed by atoms with Crippen LogP contribution in [0.1, 0.15) is 26.5 Å². The second-order valence-electron chi connectivity index (χ2n) is 6.00. The molecule has 1 N–H and O–H groups in total. The Bertz CT molecular complexity index is 976. The van der Waals surface area contributed by atoms with Gasteiger partial charge in [0.05, 0.1) is 11.3 Å². The Morgan fingerprint density at radius 3 is 2.89 bits per heavy atom. The van der Waals surface area contributed by atoms with Crippen molar-refractivity contribution in [1.29, 1.82) is 0 Å². The number of ether oxygens (including phenoxy) is 1. The molecule has 1 aliphatic rings. The van der Waals surface area contributed by atoms with Gasteiger partial charge in [-0.2, -0.15) is 11.8 Å². The van der Waals surface area contributed by atoms with E-state index in [9.17, 15) is 9.59 Å². The zero-order valence-corrected chi connectivity index (χ0v) is 17.0. The molecule has 140 valence electrons. The van der Waals surface area contributed by atoms with Crippen LogP contribution in [0.25, 0.3) is 5.00 Å². The highest BCUT2D eigenvalue weighted by atomic mass is 32.2. The number of aryl methyl sites for hydroxylation is 1. The monoisotopic (exact) mass is 419 g/mol. The summed E-state index contributed by atoms with van der Waals surface area (Å²) in [5.74, 6) is 1.05. The average Bonchev–Trinajstić information content (AvgIpc) is 3.38. The lowest BCUT2D eigenvalue weighted by atomic mass is 10.1. The molecule has 0 aromatic carbocycles. The molecule has 6 nitrogen and oxygen atoms in total. The van der Waals surface area contributed by atoms with Crippen LogP contribution in [0.3, 0.4) is 0 Å². The first-order valence-corrected chi connectivity index (χ1v) is 11.2. The number of thioether (sulfide) groups is 1. The van der Waals surface area contributed by atoms with Crippen LogP contribution in [0.4, 0.5) is 5.13 Å². The molecule has 0 saturated carbocycles. The van der Waals surface area contributed by atoms with Gasteiger partial charge >= 0.3 is 5.97 Å². The van der Waals surface area contributed by atoms with E-state index in [2.05, 4.69) is 10.3 Å². The summed E-state index contributed by atoms with van der Waals surface area (Å²) in [6, 6.07) is 3.85. The maximum absolute atomic E-state index is 12.8. The number of rotatable bonds is 5. The van der Waals surface area contributed by atoms with Gasteiger partial charge in [-0.15, -0.1) is 22.7 Å². The molecule has 9 heteroatoms. The lowest BCUT2D eigenvalue weighted by molar-refractivity contribution is -0.119. The molecule has 0 radical (unpaired) electrons. The molecule has 0 atom stereocenters. The van der Waals surface area contributed by atoms with E-state index in [0.717, 1.165) is 34.2 Å². The summed E-state index contributed by atoms with van der Waals surface area (Å²) in [5, 5.41) is 5.86. The van der Waals surface area contributed by atoms with Crippen molar-refractivity contribution in [2.75, 3.05) is 17.7 Å². The molecule has 3 aromatic heterocycles. The van der Waals surface area contributed by atoms with Crippen LogP contribution in [0, 0.1) is 6.92 Å². The first-order chi connectivity index (χ1) is 13.1. The largest absolute Gasteiger partial charge is 0.452 e. The number of thiophene rings is 1. The fourth-order valence-electron chi connectivity index (χ4n) is 2.85. The summed E-state index contributed by atoms with van der Waals surface area (Å²) < 4.78 is 7.28. The third-order valence-corrected chi connectivity index (χ3v) is 7.33. The van der Waals surface area contributed by atoms with Gasteiger partial charge in [0.2, 0.25) is 0 Å². The lowest BCUT2D eigenvalue weighted by Gasteiger charge is -2.12. The molecule has 4 heterocycles. The molecule has 0 saturated heterocycles. The van der Waals surface area contributed by atoms with Gasteiger partial charge in [-0.1, -0.05) is 0 Å². The van der Waals surface area contributed by atoms with Gasteiger partial charge in [0, 0.05) is 28.4 Å². The van der Waals surface area contributed by atoms with Crippen LogP contribution >= 0.6 is 34.4 Å². The van der Waals surface area contributed by atoms with E-state index in [-0.39, 0.29) is 12.5 Å². The van der Waals surface area contributed by atoms with Crippen molar-refractivity contribution in [2.45, 2.75) is 19.1 Å². The maximum Gasteiger partial charge on any atom is 0.341 e. The number of fused-ring (bicyclic) bond motifs is 1. The fourth-order valence-corrected chi connectivity index (χ4v) is 5.99. The third-order valence-electron chi connectivity index (χ3n) is 4.04. The quantitative estimate of drug-likeness (QED) is 0.635. The third kappa shape index (κ3) is 3.95. The topological polar surface area (TPSA) is 73.2 Å². The Morgan fingerprint density at radius 1 is 1.33 bits per heavy atom. The number of carbonyl (C=O) groups is 2. The van der Waals surface area contributed by atoms with Gasteiger partial charge in [0.15, 0.2) is 11.7 Å². The number of amides is 1. The normalized spacial score (nSPS) is 13.2. The summed E-state index contributed by atoms with van der Waals surface area (Å²) in [6.07, 6.45) is 4.67. The number of thiazole rings is 1. The molecule has 4 rings (SSSR count). The number of nitrogens with one attached hydrogen (secondary N) is 1. The molecule has 3 aromatic rings. The highest BCUT2D eigenvalue weighted by Crippen LogP contribution is 2.38. The molecule has 0 aliphatic carbocycles. The number of anilines is 1. The summed E-state index contributed by atoms with van der Waals surface area (Å²) >= 11 is 4.83. The minimum absolute atomic E-state index is 0.331. The zero-order chi connectivity index (χ0) is 18.8. The molecule has 0 fully saturated rings. The molecule has 1 amide bonds. The van der Waals surface area contributed by atoms with Gasteiger partial charge in [-0.05, 0) is 36.8 Å². The number of carbonyl (C=O) groups excluding carboxylic acids is 2. The molecule has 0 unspecified atom stereocenters. The van der Waals surface area contributed by atoms with Crippen LogP contribution < -0.4 is 5.32 Å². The van der Waals surface area contributed by atoms with E-state index in [4.69, 9.17) is 4.74 Å². The Morgan fingerprint density at radius 2 is 2.15 bits per heavy atom. The van der Waals surface area contributed by atoms with Crippen LogP contribution in [-0.2, 0) is 21.7 Å². The average molecular weight is 420 g/mol. The van der Waals surface area contributed by atoms with Crippen molar-refractivity contribution in [2.24, 2.45) is 0 Å². The second kappa shape index (κ2) is 7.87. The predicted molar refractivity (Wildman–Crippen MR) is 109 cm³/mol. The Labute approximate surface area is 168 Å². The number of hydrogen-bond donors (Lipinski definition) is 1. The van der Waals surface area contributed by atoms with E-state index in [1.54, 1.807) is 11.3 Å². The Hall–Kier alpha value is -2.10. The van der Waals surface area contributed by atoms with Gasteiger partial charge in [0.25, 0.3) is 5.91 Å². The summed E-state index contributed by atoms with van der Waals surface area (Å²) in [6.45, 7) is 1.52. The van der Waals surface area contributed by atoms with E-state index >= 15 is 0 Å². The van der Waals surface area contributed by atoms with Crippen molar-refractivity contribution in [3.63, 3.8) is 0 Å². The molecule has 0 bridgehead atoms. The number of hydrogen-bond acceptors (Lipinski definition) is 7. The van der Waals surface area contributed by atoms with Crippen molar-refractivity contribution in [3.05, 3.63) is 51.6 Å². The molecule has 27 heavy (non-hydrogen) atoms. The first kappa shape index (κ1) is 18.3. The SMILES string of the molecule is Cc1csc(NC(=O)COC(=O)c2c(-n3cccc3)sc3c2CCSC3)n1. The van der Waals surface area contributed by atoms with E-state index in [1.807, 2.05) is 53.2 Å². The van der Waals surface area contributed by atoms with Crippen molar-refractivity contribution in [3.8, 4) is 5.00 Å². The van der Waals surface area contributed by atoms with Gasteiger partial charge in [-0.25, -0.2) is 9.78 Å². The standard InChI is InChI=1S/C18H17N3O3S3/c1-11-9-26-18(19-11)20-14(22)8-24-17(23)15-12-4-7-25-10-13(12)27-16(15)21-5-2-3-6-21/h2-3,5-6,9H,4,7-8,10H2,1H3,(H,19,20,22). The summed E-state index contributed by atoms with van der Waals surface area (Å²) in [7, 11) is 0. The van der Waals surface area contributed by atoms with Crippen molar-refractivity contribution in [1.82, 2.24) is 9.55 Å². The van der Waals surface area contributed by atoms with Crippen molar-refractivity contribution >= 4 is 51.4 Å². The van der Waals surface area contributed by atoms with Crippen LogP contribution in [0.5, 0.6) is 0 Å². The molecule has 1 aliphatic heterocycles. The smallest absolute Gasteiger partial charge is 0.341 e. The van der Waals surface area contributed by atoms with Crippen LogP contribution in [0.15, 0.2) is 29.9 Å². The Kier molecular flexibility index (Phi) is 5.33. The molecular formula is C18H17N3O3S3. The number of nitrogens with zero attached hydrogens (tertiary/aromatic N) is 2. The van der Waals surface area contributed by atoms with Crippen LogP contribution in [-0.4, -0.2) is 33.8 Å². The predicted octanol–water partition coefficient (Wildman–Crippen LogP) is 3.89. The van der Waals surface area contributed by atoms with Gasteiger partial charge in [-0.3, -0.25) is 10.1 Å². The summed E-state index contributed by atoms with van der Waals surface area (Å²) in [4.78, 5) is 30.3. The van der Waals surface area contributed by atoms with Crippen molar-refractivity contribution < 1.29 is 14.3 Å². The zero-order valence-electron chi connectivity index (χ0n) is 14.6. The van der Waals surface area contributed by atoms with Crippen LogP contribution in [0.2, 0.25) is 0 Å². The van der Waals surface area contributed by atoms with Gasteiger partial charge < -0.3 is 9.30 Å². The minimum atomic E-state index is -0.450. The lowest BCUT2D eigenvalue weighted by Crippen LogP contribution is -2.22. The number of esters is 1. The Balaban J connectivity index is 1.51. The second-order valence-corrected chi connectivity index (χ2v) is 9.04. The first-order valence-electron chi connectivity index (χ1n) is 8.36.